The van der Waals surface area contributed by atoms with Crippen LogP contribution in [0.1, 0.15) is 37.0 Å². The van der Waals surface area contributed by atoms with E-state index in [0.29, 0.717) is 29.0 Å². The molecule has 0 aliphatic carbocycles. The van der Waals surface area contributed by atoms with Crippen LogP contribution in [0.15, 0.2) is 104 Å². The van der Waals surface area contributed by atoms with Gasteiger partial charge in [-0.05, 0) is 66.6 Å². The number of anilines is 5. The van der Waals surface area contributed by atoms with Crippen LogP contribution in [0, 0.1) is 29.2 Å². The zero-order valence-electron chi connectivity index (χ0n) is 40.0. The van der Waals surface area contributed by atoms with E-state index in [2.05, 4.69) is 82.5 Å². The summed E-state index contributed by atoms with van der Waals surface area (Å²) in [6.45, 7) is 10.7. The highest BCUT2D eigenvalue weighted by Gasteiger charge is 2.24. The van der Waals surface area contributed by atoms with Crippen molar-refractivity contribution >= 4 is 86.7 Å². The molecule has 0 unspecified atom stereocenters. The first-order valence-corrected chi connectivity index (χ1v) is 21.5. The SMILES string of the molecule is [C-]#[N+]c1cnn(-c2nc(-n3ncc(C#N)c3N=Nc3ccc(N(C)C)cc3CCC=O)nc(-n3ncc(C#N)c3N=Nc3ccc(N(C)C)cc3NC(C)=O)n2)c1N=Nc1ccc(N(C)C)cc1NC(C)=O. The number of carbonyl (C=O) groups excluding carboxylic acids is 3. The lowest BCUT2D eigenvalue weighted by atomic mass is 10.1. The Kier molecular flexibility index (Phi) is 14.9. The minimum absolute atomic E-state index is 0.0312. The van der Waals surface area contributed by atoms with Gasteiger partial charge in [0.2, 0.25) is 11.8 Å². The van der Waals surface area contributed by atoms with E-state index in [0.717, 1.165) is 37.4 Å². The first-order valence-electron chi connectivity index (χ1n) is 21.5. The summed E-state index contributed by atoms with van der Waals surface area (Å²) in [5.41, 5.74) is 4.51. The fourth-order valence-electron chi connectivity index (χ4n) is 6.63. The molecule has 4 aromatic heterocycles. The van der Waals surface area contributed by atoms with Crippen LogP contribution in [0.5, 0.6) is 0 Å². The van der Waals surface area contributed by atoms with Gasteiger partial charge >= 0.3 is 0 Å². The lowest BCUT2D eigenvalue weighted by Crippen LogP contribution is -2.14. The zero-order chi connectivity index (χ0) is 51.6. The molecule has 360 valence electrons. The molecule has 0 atom stereocenters. The van der Waals surface area contributed by atoms with E-state index in [1.165, 1.54) is 32.4 Å². The van der Waals surface area contributed by atoms with Crippen LogP contribution in [0.2, 0.25) is 0 Å². The number of aryl methyl sites for hydroxylation is 1. The molecule has 7 rings (SSSR count). The summed E-state index contributed by atoms with van der Waals surface area (Å²) in [5.74, 6) is -2.00. The third-order valence-corrected chi connectivity index (χ3v) is 10.2. The van der Waals surface area contributed by atoms with Crippen molar-refractivity contribution < 1.29 is 14.4 Å². The predicted octanol–water partition coefficient (Wildman–Crippen LogP) is 8.22. The maximum Gasteiger partial charge on any atom is 0.259 e. The number of rotatable bonds is 17. The Bertz CT molecular complexity index is 3290. The topological polar surface area (TPSA) is 303 Å². The second-order valence-electron chi connectivity index (χ2n) is 16.0. The molecular formula is C46H43N23O3. The van der Waals surface area contributed by atoms with Gasteiger partial charge < -0.3 is 30.1 Å². The average molecular weight is 966 g/mol. The average Bonchev–Trinajstić information content (AvgIpc) is 4.10. The second-order valence-corrected chi connectivity index (χ2v) is 16.0. The maximum absolute atomic E-state index is 12.2. The smallest absolute Gasteiger partial charge is 0.259 e. The number of hydrogen-bond acceptors (Lipinski definition) is 20. The summed E-state index contributed by atoms with van der Waals surface area (Å²) in [7, 11) is 11.1. The number of benzene rings is 3. The van der Waals surface area contributed by atoms with Crippen LogP contribution in [0.25, 0.3) is 22.7 Å². The van der Waals surface area contributed by atoms with Gasteiger partial charge in [0, 0.05) is 79.6 Å². The lowest BCUT2D eigenvalue weighted by molar-refractivity contribution is -0.115. The summed E-state index contributed by atoms with van der Waals surface area (Å²) < 4.78 is 3.31. The molecule has 2 N–H and O–H groups in total. The van der Waals surface area contributed by atoms with E-state index >= 15 is 0 Å². The number of aldehydes is 1. The van der Waals surface area contributed by atoms with Crippen LogP contribution < -0.4 is 25.3 Å². The van der Waals surface area contributed by atoms with Gasteiger partial charge in [-0.15, -0.1) is 30.7 Å². The molecule has 0 aliphatic rings. The first kappa shape index (κ1) is 49.5. The molecule has 0 spiro atoms. The van der Waals surface area contributed by atoms with E-state index in [1.54, 1.807) is 42.5 Å². The number of azo groups is 3. The van der Waals surface area contributed by atoms with E-state index in [1.807, 2.05) is 75.2 Å². The number of carbonyl (C=O) groups is 3. The first-order chi connectivity index (χ1) is 34.6. The van der Waals surface area contributed by atoms with E-state index < -0.39 is 0 Å². The van der Waals surface area contributed by atoms with Gasteiger partial charge in [0.1, 0.15) is 40.9 Å². The summed E-state index contributed by atoms with van der Waals surface area (Å²) >= 11 is 0. The molecule has 7 aromatic rings. The maximum atomic E-state index is 12.2. The predicted molar refractivity (Wildman–Crippen MR) is 265 cm³/mol. The van der Waals surface area contributed by atoms with Crippen molar-refractivity contribution in [2.24, 2.45) is 30.7 Å². The van der Waals surface area contributed by atoms with Crippen LogP contribution in [-0.4, -0.2) is 105 Å². The minimum Gasteiger partial charge on any atom is -0.378 e. The van der Waals surface area contributed by atoms with Crippen molar-refractivity contribution in [1.29, 1.82) is 10.5 Å². The zero-order valence-corrected chi connectivity index (χ0v) is 40.0. The normalized spacial score (nSPS) is 11.1. The largest absolute Gasteiger partial charge is 0.378 e. The van der Waals surface area contributed by atoms with Gasteiger partial charge in [0.15, 0.2) is 17.5 Å². The lowest BCUT2D eigenvalue weighted by Gasteiger charge is -2.15. The van der Waals surface area contributed by atoms with E-state index in [4.69, 9.17) is 6.57 Å². The molecule has 0 bridgehead atoms. The Labute approximate surface area is 411 Å². The van der Waals surface area contributed by atoms with Crippen molar-refractivity contribution in [3.05, 3.63) is 101 Å². The third-order valence-electron chi connectivity index (χ3n) is 10.2. The highest BCUT2D eigenvalue weighted by atomic mass is 16.2. The van der Waals surface area contributed by atoms with Crippen molar-refractivity contribution in [3.8, 4) is 30.0 Å². The van der Waals surface area contributed by atoms with Gasteiger partial charge in [-0.25, -0.2) is 4.85 Å². The highest BCUT2D eigenvalue weighted by Crippen LogP contribution is 2.37. The van der Waals surface area contributed by atoms with Crippen LogP contribution in [0.3, 0.4) is 0 Å². The molecular weight excluding hydrogens is 923 g/mol. The molecule has 2 amide bonds. The summed E-state index contributed by atoms with van der Waals surface area (Å²) in [6, 6.07) is 19.8. The Hall–Kier alpha value is -10.4. The molecule has 3 aromatic carbocycles. The molecule has 0 fully saturated rings. The molecule has 0 saturated heterocycles. The van der Waals surface area contributed by atoms with E-state index in [9.17, 15) is 24.9 Å². The molecule has 0 saturated carbocycles. The Balaban J connectivity index is 1.44. The number of hydrogen-bond donors (Lipinski definition) is 2. The molecule has 26 heteroatoms. The van der Waals surface area contributed by atoms with Gasteiger partial charge in [-0.2, -0.15) is 54.8 Å². The monoisotopic (exact) mass is 965 g/mol. The van der Waals surface area contributed by atoms with Gasteiger partial charge in [0.25, 0.3) is 23.5 Å². The van der Waals surface area contributed by atoms with E-state index in [-0.39, 0.29) is 81.7 Å². The number of aromatic nitrogens is 9. The Morgan fingerprint density at radius 3 is 1.44 bits per heavy atom. The number of nitrogens with one attached hydrogen (secondary N) is 2. The number of amides is 2. The molecule has 26 nitrogen and oxygen atoms in total. The van der Waals surface area contributed by atoms with Crippen molar-refractivity contribution in [1.82, 2.24) is 44.3 Å². The number of nitriles is 2. The van der Waals surface area contributed by atoms with Crippen molar-refractivity contribution in [2.45, 2.75) is 26.7 Å². The van der Waals surface area contributed by atoms with Crippen molar-refractivity contribution in [3.63, 3.8) is 0 Å². The standard InChI is InChI=1S/C46H43N23O3/c1-27(71)53-38-20-33(65(6)7)13-16-36(38)59-62-42-31(23-48)25-51-68(42)45-55-44(67-41(30(22-47)24-50-67)61-58-35-15-12-32(64(4)5)19-29(35)11-10-18-70)56-46(57-45)69-43(40(49-3)26-52-69)63-60-37-17-14-34(66(8)9)21-39(37)54-28(2)72/h12-21,24-26H,10-11H2,1-2,4-9H3,(H,53,71)(H,54,72). The summed E-state index contributed by atoms with van der Waals surface area (Å²) in [4.78, 5) is 59.0. The van der Waals surface area contributed by atoms with Crippen molar-refractivity contribution in [2.75, 3.05) is 67.6 Å². The fourth-order valence-corrected chi connectivity index (χ4v) is 6.63. The molecule has 4 heterocycles. The minimum atomic E-state index is -0.359. The van der Waals surface area contributed by atoms with Crippen LogP contribution in [-0.2, 0) is 20.8 Å². The Morgan fingerprint density at radius 2 is 1.03 bits per heavy atom. The van der Waals surface area contributed by atoms with Gasteiger partial charge in [-0.1, -0.05) is 0 Å². The van der Waals surface area contributed by atoms with Crippen LogP contribution >= 0.6 is 0 Å². The quantitative estimate of drug-likeness (QED) is 0.0494. The second kappa shape index (κ2) is 21.7. The van der Waals surface area contributed by atoms with Gasteiger partial charge in [0.05, 0.1) is 42.2 Å². The summed E-state index contributed by atoms with van der Waals surface area (Å²) in [5, 5.41) is 65.8. The van der Waals surface area contributed by atoms with Gasteiger partial charge in [-0.3, -0.25) is 9.59 Å². The molecule has 0 radical (unpaired) electrons. The summed E-state index contributed by atoms with van der Waals surface area (Å²) in [6.07, 6.45) is 5.05. The fraction of sp³-hybridized carbons (Fsp3) is 0.217. The third kappa shape index (κ3) is 11.0. The molecule has 0 aliphatic heterocycles. The Morgan fingerprint density at radius 1 is 0.625 bits per heavy atom. The molecule has 72 heavy (non-hydrogen) atoms. The number of nitrogens with zero attached hydrogens (tertiary/aromatic N) is 21. The highest BCUT2D eigenvalue weighted by molar-refractivity contribution is 5.93. The van der Waals surface area contributed by atoms with Crippen LogP contribution in [0.4, 0.5) is 68.6 Å².